The average Bonchev–Trinajstić information content (AvgIpc) is 2.58. The Bertz CT molecular complexity index is 674. The predicted octanol–water partition coefficient (Wildman–Crippen LogP) is 2.94. The second kappa shape index (κ2) is 8.57. The highest BCUT2D eigenvalue weighted by molar-refractivity contribution is 6.30. The van der Waals surface area contributed by atoms with Gasteiger partial charge >= 0.3 is 6.03 Å². The fraction of sp³-hybridized carbons (Fsp3) is 0.278. The summed E-state index contributed by atoms with van der Waals surface area (Å²) >= 11 is 5.81. The molecule has 0 aliphatic rings. The van der Waals surface area contributed by atoms with Gasteiger partial charge in [0.1, 0.15) is 0 Å². The van der Waals surface area contributed by atoms with E-state index in [1.807, 2.05) is 43.3 Å². The molecule has 0 saturated heterocycles. The van der Waals surface area contributed by atoms with Crippen molar-refractivity contribution in [3.63, 3.8) is 0 Å². The first kappa shape index (κ1) is 18.1. The van der Waals surface area contributed by atoms with E-state index < -0.39 is 6.10 Å². The van der Waals surface area contributed by atoms with E-state index in [1.165, 1.54) is 0 Å². The van der Waals surface area contributed by atoms with Crippen LogP contribution < -0.4 is 15.5 Å². The third-order valence-electron chi connectivity index (χ3n) is 3.59. The number of halogens is 1. The largest absolute Gasteiger partial charge is 0.387 e. The number of aliphatic hydroxyl groups excluding tert-OH is 1. The van der Waals surface area contributed by atoms with Gasteiger partial charge in [-0.3, -0.25) is 0 Å². The number of nitrogens with one attached hydrogen (secondary N) is 2. The van der Waals surface area contributed by atoms with Crippen molar-refractivity contribution in [2.45, 2.75) is 12.6 Å². The lowest BCUT2D eigenvalue weighted by Crippen LogP contribution is -2.37. The van der Waals surface area contributed by atoms with Crippen LogP contribution in [-0.2, 0) is 6.54 Å². The van der Waals surface area contributed by atoms with Gasteiger partial charge in [-0.05, 0) is 35.4 Å². The summed E-state index contributed by atoms with van der Waals surface area (Å²) < 4.78 is 0. The second-order valence-corrected chi connectivity index (χ2v) is 6.13. The Labute approximate surface area is 147 Å². The molecule has 0 spiro atoms. The number of hydrogen-bond acceptors (Lipinski definition) is 3. The van der Waals surface area contributed by atoms with E-state index >= 15 is 0 Å². The van der Waals surface area contributed by atoms with E-state index in [2.05, 4.69) is 10.6 Å². The maximum Gasteiger partial charge on any atom is 0.315 e. The summed E-state index contributed by atoms with van der Waals surface area (Å²) in [4.78, 5) is 13.9. The zero-order valence-electron chi connectivity index (χ0n) is 13.8. The molecule has 128 valence electrons. The van der Waals surface area contributed by atoms with E-state index in [-0.39, 0.29) is 12.6 Å². The monoisotopic (exact) mass is 347 g/mol. The van der Waals surface area contributed by atoms with Crippen LogP contribution in [0.25, 0.3) is 0 Å². The van der Waals surface area contributed by atoms with Crippen LogP contribution in [0.3, 0.4) is 0 Å². The van der Waals surface area contributed by atoms with E-state index in [1.54, 1.807) is 24.3 Å². The van der Waals surface area contributed by atoms with E-state index in [0.717, 1.165) is 11.3 Å². The first-order chi connectivity index (χ1) is 11.5. The molecule has 2 aromatic rings. The van der Waals surface area contributed by atoms with Crippen molar-refractivity contribution in [1.29, 1.82) is 0 Å². The smallest absolute Gasteiger partial charge is 0.315 e. The van der Waals surface area contributed by atoms with Crippen molar-refractivity contribution in [3.05, 3.63) is 64.7 Å². The number of rotatable bonds is 6. The molecule has 0 aromatic heterocycles. The second-order valence-electron chi connectivity index (χ2n) is 5.70. The standard InChI is InChI=1S/C18H22ClN3O2/c1-22(2)16-5-3-4-13(10-16)11-20-18(24)21-12-17(23)14-6-8-15(19)9-7-14/h3-10,17,23H,11-12H2,1-2H3,(H2,20,21,24). The van der Waals surface area contributed by atoms with Crippen LogP contribution in [0.1, 0.15) is 17.2 Å². The lowest BCUT2D eigenvalue weighted by atomic mass is 10.1. The quantitative estimate of drug-likeness (QED) is 0.752. The van der Waals surface area contributed by atoms with E-state index in [9.17, 15) is 9.90 Å². The summed E-state index contributed by atoms with van der Waals surface area (Å²) in [6, 6.07) is 14.5. The van der Waals surface area contributed by atoms with Crippen LogP contribution in [0, 0.1) is 0 Å². The van der Waals surface area contributed by atoms with Gasteiger partial charge in [-0.2, -0.15) is 0 Å². The summed E-state index contributed by atoms with van der Waals surface area (Å²) in [5, 5.41) is 16.1. The first-order valence-corrected chi connectivity index (χ1v) is 8.05. The molecule has 0 fully saturated rings. The third-order valence-corrected chi connectivity index (χ3v) is 3.84. The highest BCUT2D eigenvalue weighted by Crippen LogP contribution is 2.16. The van der Waals surface area contributed by atoms with Crippen LogP contribution in [-0.4, -0.2) is 31.8 Å². The van der Waals surface area contributed by atoms with Crippen LogP contribution in [0.4, 0.5) is 10.5 Å². The molecule has 1 unspecified atom stereocenters. The summed E-state index contributed by atoms with van der Waals surface area (Å²) in [6.45, 7) is 0.551. The van der Waals surface area contributed by atoms with Crippen molar-refractivity contribution in [2.75, 3.05) is 25.5 Å². The average molecular weight is 348 g/mol. The van der Waals surface area contributed by atoms with Crippen LogP contribution >= 0.6 is 11.6 Å². The van der Waals surface area contributed by atoms with Gasteiger partial charge < -0.3 is 20.6 Å². The van der Waals surface area contributed by atoms with E-state index in [0.29, 0.717) is 17.1 Å². The van der Waals surface area contributed by atoms with Crippen LogP contribution in [0.2, 0.25) is 5.02 Å². The first-order valence-electron chi connectivity index (χ1n) is 7.67. The Morgan fingerprint density at radius 1 is 1.17 bits per heavy atom. The van der Waals surface area contributed by atoms with E-state index in [4.69, 9.17) is 11.6 Å². The predicted molar refractivity (Wildman–Crippen MR) is 97.4 cm³/mol. The molecule has 0 radical (unpaired) electrons. The summed E-state index contributed by atoms with van der Waals surface area (Å²) in [5.41, 5.74) is 2.79. The zero-order valence-corrected chi connectivity index (χ0v) is 14.5. The highest BCUT2D eigenvalue weighted by Gasteiger charge is 2.09. The Morgan fingerprint density at radius 2 is 1.88 bits per heavy atom. The molecular weight excluding hydrogens is 326 g/mol. The van der Waals surface area contributed by atoms with Gasteiger partial charge in [-0.15, -0.1) is 0 Å². The molecule has 6 heteroatoms. The Balaban J connectivity index is 1.79. The maximum absolute atomic E-state index is 11.9. The lowest BCUT2D eigenvalue weighted by molar-refractivity contribution is 0.173. The van der Waals surface area contributed by atoms with Gasteiger partial charge in [-0.25, -0.2) is 4.79 Å². The Hall–Kier alpha value is -2.24. The number of anilines is 1. The zero-order chi connectivity index (χ0) is 17.5. The van der Waals surface area contributed by atoms with Crippen molar-refractivity contribution >= 4 is 23.3 Å². The molecule has 2 amide bonds. The van der Waals surface area contributed by atoms with Gasteiger partial charge in [0.05, 0.1) is 6.10 Å². The molecule has 24 heavy (non-hydrogen) atoms. The molecular formula is C18H22ClN3O2. The molecule has 0 bridgehead atoms. The number of aliphatic hydroxyl groups is 1. The number of urea groups is 1. The SMILES string of the molecule is CN(C)c1cccc(CNC(=O)NCC(O)c2ccc(Cl)cc2)c1. The normalized spacial score (nSPS) is 11.7. The van der Waals surface area contributed by atoms with Gasteiger partial charge in [0.15, 0.2) is 0 Å². The molecule has 0 heterocycles. The Kier molecular flexibility index (Phi) is 6.46. The molecule has 2 aromatic carbocycles. The Morgan fingerprint density at radius 3 is 2.54 bits per heavy atom. The van der Waals surface area contributed by atoms with Gasteiger partial charge in [0, 0.05) is 37.9 Å². The van der Waals surface area contributed by atoms with Crippen molar-refractivity contribution in [2.24, 2.45) is 0 Å². The topological polar surface area (TPSA) is 64.6 Å². The molecule has 0 saturated carbocycles. The van der Waals surface area contributed by atoms with Gasteiger partial charge in [0.2, 0.25) is 0 Å². The van der Waals surface area contributed by atoms with Gasteiger partial charge in [0.25, 0.3) is 0 Å². The lowest BCUT2D eigenvalue weighted by Gasteiger charge is -2.15. The number of benzene rings is 2. The van der Waals surface area contributed by atoms with Crippen molar-refractivity contribution < 1.29 is 9.90 Å². The number of carbonyl (C=O) groups excluding carboxylic acids is 1. The molecule has 0 aliphatic heterocycles. The fourth-order valence-electron chi connectivity index (χ4n) is 2.18. The number of hydrogen-bond donors (Lipinski definition) is 3. The number of carbonyl (C=O) groups is 1. The minimum absolute atomic E-state index is 0.130. The highest BCUT2D eigenvalue weighted by atomic mass is 35.5. The summed E-state index contributed by atoms with van der Waals surface area (Å²) in [6.07, 6.45) is -0.773. The number of amides is 2. The molecule has 2 rings (SSSR count). The fourth-order valence-corrected chi connectivity index (χ4v) is 2.31. The molecule has 0 aliphatic carbocycles. The molecule has 5 nitrogen and oxygen atoms in total. The molecule has 3 N–H and O–H groups in total. The number of nitrogens with zero attached hydrogens (tertiary/aromatic N) is 1. The van der Waals surface area contributed by atoms with Crippen molar-refractivity contribution in [1.82, 2.24) is 10.6 Å². The van der Waals surface area contributed by atoms with Crippen molar-refractivity contribution in [3.8, 4) is 0 Å². The summed E-state index contributed by atoms with van der Waals surface area (Å²) in [7, 11) is 3.94. The van der Waals surface area contributed by atoms with Crippen LogP contribution in [0.5, 0.6) is 0 Å². The summed E-state index contributed by atoms with van der Waals surface area (Å²) in [5.74, 6) is 0. The minimum Gasteiger partial charge on any atom is -0.387 e. The van der Waals surface area contributed by atoms with Crippen LogP contribution in [0.15, 0.2) is 48.5 Å². The third kappa shape index (κ3) is 5.44. The molecule has 1 atom stereocenters. The minimum atomic E-state index is -0.773. The maximum atomic E-state index is 11.9. The van der Waals surface area contributed by atoms with Gasteiger partial charge in [-0.1, -0.05) is 35.9 Å².